The minimum atomic E-state index is -0.417. The van der Waals surface area contributed by atoms with Crippen molar-refractivity contribution in [2.45, 2.75) is 50.7 Å². The minimum Gasteiger partial charge on any atom is -0.391 e. The van der Waals surface area contributed by atoms with Crippen LogP contribution >= 0.6 is 0 Å². The van der Waals surface area contributed by atoms with Gasteiger partial charge in [-0.2, -0.15) is 0 Å². The molecule has 4 heteroatoms. The van der Waals surface area contributed by atoms with Gasteiger partial charge in [0.25, 0.3) is 0 Å². The molecule has 0 aliphatic heterocycles. The molecule has 0 radical (unpaired) electrons. The van der Waals surface area contributed by atoms with E-state index in [0.29, 0.717) is 11.8 Å². The van der Waals surface area contributed by atoms with Crippen LogP contribution in [-0.4, -0.2) is 23.8 Å². The molecule has 1 fully saturated rings. The van der Waals surface area contributed by atoms with Gasteiger partial charge in [-0.3, -0.25) is 11.3 Å². The van der Waals surface area contributed by atoms with Gasteiger partial charge in [-0.15, -0.1) is 0 Å². The molecule has 6 N–H and O–H groups in total. The summed E-state index contributed by atoms with van der Waals surface area (Å²) in [5, 5.41) is 10.4. The van der Waals surface area contributed by atoms with Crippen molar-refractivity contribution >= 4 is 0 Å². The van der Waals surface area contributed by atoms with E-state index in [0.717, 1.165) is 25.8 Å². The minimum absolute atomic E-state index is 0.180. The number of rotatable bonds is 7. The first-order valence-electron chi connectivity index (χ1n) is 8.10. The van der Waals surface area contributed by atoms with Crippen molar-refractivity contribution < 1.29 is 5.11 Å². The number of hydrogen-bond donors (Lipinski definition) is 4. The largest absolute Gasteiger partial charge is 0.391 e. The van der Waals surface area contributed by atoms with Crippen molar-refractivity contribution in [1.82, 2.24) is 5.43 Å². The van der Waals surface area contributed by atoms with Gasteiger partial charge >= 0.3 is 0 Å². The van der Waals surface area contributed by atoms with Crippen LogP contribution in [0.2, 0.25) is 0 Å². The molecule has 21 heavy (non-hydrogen) atoms. The maximum atomic E-state index is 10.4. The molecule has 1 aliphatic carbocycles. The van der Waals surface area contributed by atoms with E-state index in [1.807, 2.05) is 18.2 Å². The van der Waals surface area contributed by atoms with Crippen LogP contribution in [0.15, 0.2) is 30.3 Å². The van der Waals surface area contributed by atoms with Gasteiger partial charge in [0.2, 0.25) is 0 Å². The molecular formula is C17H29N3O. The van der Waals surface area contributed by atoms with Crippen LogP contribution in [0.25, 0.3) is 0 Å². The zero-order chi connectivity index (χ0) is 15.1. The Balaban J connectivity index is 1.78. The number of aliphatic hydroxyl groups excluding tert-OH is 1. The summed E-state index contributed by atoms with van der Waals surface area (Å²) >= 11 is 0. The van der Waals surface area contributed by atoms with Gasteiger partial charge in [-0.1, -0.05) is 43.2 Å². The maximum absolute atomic E-state index is 10.4. The predicted octanol–water partition coefficient (Wildman–Crippen LogP) is 1.58. The van der Waals surface area contributed by atoms with Crippen molar-refractivity contribution in [2.24, 2.45) is 23.4 Å². The fourth-order valence-corrected chi connectivity index (χ4v) is 3.51. The van der Waals surface area contributed by atoms with Crippen LogP contribution in [-0.2, 0) is 6.42 Å². The third kappa shape index (κ3) is 5.40. The summed E-state index contributed by atoms with van der Waals surface area (Å²) < 4.78 is 0. The molecule has 0 saturated heterocycles. The molecule has 2 unspecified atom stereocenters. The zero-order valence-corrected chi connectivity index (χ0v) is 12.7. The molecule has 0 aromatic heterocycles. The van der Waals surface area contributed by atoms with E-state index in [1.54, 1.807) is 0 Å². The van der Waals surface area contributed by atoms with Crippen molar-refractivity contribution in [2.75, 3.05) is 6.54 Å². The van der Waals surface area contributed by atoms with Gasteiger partial charge in [0.1, 0.15) is 0 Å². The normalized spacial score (nSPS) is 25.5. The number of hydrogen-bond acceptors (Lipinski definition) is 4. The van der Waals surface area contributed by atoms with E-state index in [2.05, 4.69) is 17.6 Å². The Hall–Kier alpha value is -0.940. The Morgan fingerprint density at radius 3 is 2.62 bits per heavy atom. The predicted molar refractivity (Wildman–Crippen MR) is 86.4 cm³/mol. The van der Waals surface area contributed by atoms with E-state index in [9.17, 15) is 5.11 Å². The van der Waals surface area contributed by atoms with Gasteiger partial charge in [0.15, 0.2) is 0 Å². The SMILES string of the molecule is NNCC1CCC[C@H](C[C@@H](O)C(N)Cc2ccccc2)C1. The Morgan fingerprint density at radius 1 is 1.19 bits per heavy atom. The molecule has 0 bridgehead atoms. The fourth-order valence-electron chi connectivity index (χ4n) is 3.51. The molecule has 118 valence electrons. The van der Waals surface area contributed by atoms with Crippen molar-refractivity contribution in [3.63, 3.8) is 0 Å². The highest BCUT2D eigenvalue weighted by Gasteiger charge is 2.26. The van der Waals surface area contributed by atoms with Crippen LogP contribution in [0, 0.1) is 11.8 Å². The second-order valence-corrected chi connectivity index (χ2v) is 6.46. The number of nitrogens with one attached hydrogen (secondary N) is 1. The van der Waals surface area contributed by atoms with E-state index in [4.69, 9.17) is 11.6 Å². The summed E-state index contributed by atoms with van der Waals surface area (Å²) in [5.41, 5.74) is 10.1. The molecule has 0 amide bonds. The topological polar surface area (TPSA) is 84.3 Å². The zero-order valence-electron chi connectivity index (χ0n) is 12.7. The molecule has 1 aromatic carbocycles. The summed E-state index contributed by atoms with van der Waals surface area (Å²) in [4.78, 5) is 0. The summed E-state index contributed by atoms with van der Waals surface area (Å²) in [6.45, 7) is 0.878. The van der Waals surface area contributed by atoms with Crippen LogP contribution in [0.5, 0.6) is 0 Å². The lowest BCUT2D eigenvalue weighted by atomic mass is 9.78. The van der Waals surface area contributed by atoms with E-state index in [-0.39, 0.29) is 6.04 Å². The number of nitrogens with two attached hydrogens (primary N) is 2. The first-order chi connectivity index (χ1) is 10.2. The van der Waals surface area contributed by atoms with Crippen molar-refractivity contribution in [3.05, 3.63) is 35.9 Å². The third-order valence-corrected chi connectivity index (χ3v) is 4.68. The summed E-state index contributed by atoms with van der Waals surface area (Å²) in [6.07, 6.45) is 5.97. The van der Waals surface area contributed by atoms with E-state index < -0.39 is 6.10 Å². The Morgan fingerprint density at radius 2 is 1.90 bits per heavy atom. The second kappa shape index (κ2) is 8.49. The molecule has 0 heterocycles. The molecule has 1 aromatic rings. The van der Waals surface area contributed by atoms with Crippen molar-refractivity contribution in [3.8, 4) is 0 Å². The highest BCUT2D eigenvalue weighted by Crippen LogP contribution is 2.32. The van der Waals surface area contributed by atoms with Gasteiger partial charge in [0.05, 0.1) is 6.10 Å². The summed E-state index contributed by atoms with van der Waals surface area (Å²) in [5.74, 6) is 6.64. The molecule has 1 saturated carbocycles. The average Bonchev–Trinajstić information content (AvgIpc) is 2.49. The monoisotopic (exact) mass is 291 g/mol. The van der Waals surface area contributed by atoms with Gasteiger partial charge in [0, 0.05) is 12.6 Å². The summed E-state index contributed by atoms with van der Waals surface area (Å²) in [7, 11) is 0. The Labute approximate surface area is 127 Å². The Bertz CT molecular complexity index is 396. The highest BCUT2D eigenvalue weighted by molar-refractivity contribution is 5.16. The lowest BCUT2D eigenvalue weighted by Crippen LogP contribution is -2.39. The molecule has 1 aliphatic rings. The standard InChI is InChI=1S/C17H29N3O/c18-16(10-13-5-2-1-3-6-13)17(21)11-14-7-4-8-15(9-14)12-20-19/h1-3,5-6,14-17,20-21H,4,7-12,18-19H2/t14-,15?,16?,17+/m0/s1. The molecule has 2 rings (SSSR count). The first kappa shape index (κ1) is 16.4. The highest BCUT2D eigenvalue weighted by atomic mass is 16.3. The first-order valence-corrected chi connectivity index (χ1v) is 8.10. The fraction of sp³-hybridized carbons (Fsp3) is 0.647. The quantitative estimate of drug-likeness (QED) is 0.454. The maximum Gasteiger partial charge on any atom is 0.0697 e. The lowest BCUT2D eigenvalue weighted by molar-refractivity contribution is 0.0966. The third-order valence-electron chi connectivity index (χ3n) is 4.68. The van der Waals surface area contributed by atoms with Gasteiger partial charge in [-0.05, 0) is 43.1 Å². The van der Waals surface area contributed by atoms with E-state index >= 15 is 0 Å². The van der Waals surface area contributed by atoms with Crippen LogP contribution in [0.1, 0.15) is 37.7 Å². The molecule has 4 nitrogen and oxygen atoms in total. The van der Waals surface area contributed by atoms with Gasteiger partial charge < -0.3 is 10.8 Å². The van der Waals surface area contributed by atoms with Crippen LogP contribution < -0.4 is 17.0 Å². The molecular weight excluding hydrogens is 262 g/mol. The lowest BCUT2D eigenvalue weighted by Gasteiger charge is -2.31. The summed E-state index contributed by atoms with van der Waals surface area (Å²) in [6, 6.07) is 9.98. The van der Waals surface area contributed by atoms with Gasteiger partial charge in [-0.25, -0.2) is 0 Å². The number of aliphatic hydroxyl groups is 1. The van der Waals surface area contributed by atoms with Crippen molar-refractivity contribution in [1.29, 1.82) is 0 Å². The average molecular weight is 291 g/mol. The van der Waals surface area contributed by atoms with Crippen LogP contribution in [0.4, 0.5) is 0 Å². The Kier molecular flexibility index (Phi) is 6.64. The molecule has 4 atom stereocenters. The second-order valence-electron chi connectivity index (χ2n) is 6.46. The number of benzene rings is 1. The van der Waals surface area contributed by atoms with E-state index in [1.165, 1.54) is 24.8 Å². The molecule has 0 spiro atoms. The van der Waals surface area contributed by atoms with Crippen LogP contribution in [0.3, 0.4) is 0 Å². The smallest absolute Gasteiger partial charge is 0.0697 e. The number of hydrazine groups is 1.